The Hall–Kier alpha value is -2.56. The third-order valence-corrected chi connectivity index (χ3v) is 2.88. The monoisotopic (exact) mass is 240 g/mol. The predicted molar refractivity (Wildman–Crippen MR) is 69.3 cm³/mol. The number of hydrogen-bond acceptors (Lipinski definition) is 3. The fourth-order valence-electron chi connectivity index (χ4n) is 1.98. The lowest BCUT2D eigenvalue weighted by molar-refractivity contribution is 0.0901. The average Bonchev–Trinajstić information content (AvgIpc) is 2.96. The molecule has 0 saturated carbocycles. The van der Waals surface area contributed by atoms with E-state index >= 15 is 0 Å². The van der Waals surface area contributed by atoms with Gasteiger partial charge in [-0.15, -0.1) is 0 Å². The van der Waals surface area contributed by atoms with E-state index in [2.05, 4.69) is 10.1 Å². The van der Waals surface area contributed by atoms with E-state index in [9.17, 15) is 4.79 Å². The third-order valence-electron chi connectivity index (χ3n) is 2.88. The molecule has 0 bridgehead atoms. The van der Waals surface area contributed by atoms with Crippen LogP contribution in [0.25, 0.3) is 10.9 Å². The Kier molecular flexibility index (Phi) is 2.37. The van der Waals surface area contributed by atoms with E-state index in [0.717, 1.165) is 16.5 Å². The van der Waals surface area contributed by atoms with Crippen LogP contribution in [0.2, 0.25) is 0 Å². The van der Waals surface area contributed by atoms with Gasteiger partial charge >= 0.3 is 0 Å². The number of carbonyl (C=O) groups is 1. The molecule has 5 heteroatoms. The number of nitrogens with one attached hydrogen (secondary N) is 1. The Balaban J connectivity index is 1.88. The predicted octanol–water partition coefficient (Wildman–Crippen LogP) is 1.83. The lowest BCUT2D eigenvalue weighted by atomic mass is 10.1. The Labute approximate surface area is 103 Å². The average molecular weight is 240 g/mol. The molecule has 0 fully saturated rings. The summed E-state index contributed by atoms with van der Waals surface area (Å²) in [7, 11) is 0. The maximum absolute atomic E-state index is 12.0. The summed E-state index contributed by atoms with van der Waals surface area (Å²) in [5, 5.41) is 4.99. The van der Waals surface area contributed by atoms with Crippen LogP contribution in [-0.2, 0) is 6.42 Å². The van der Waals surface area contributed by atoms with Crippen molar-refractivity contribution in [3.8, 4) is 0 Å². The van der Waals surface area contributed by atoms with E-state index in [4.69, 9.17) is 5.73 Å². The summed E-state index contributed by atoms with van der Waals surface area (Å²) in [6.07, 6.45) is 3.68. The number of carbonyl (C=O) groups excluding carboxylic acids is 1. The SMILES string of the molecule is Nc1ccnn1C(=O)Cc1ccc2[nH]ccc2c1. The van der Waals surface area contributed by atoms with Gasteiger partial charge in [0.05, 0.1) is 12.6 Å². The van der Waals surface area contributed by atoms with Gasteiger partial charge in [0.15, 0.2) is 0 Å². The zero-order valence-electron chi connectivity index (χ0n) is 9.63. The van der Waals surface area contributed by atoms with Gasteiger partial charge in [0.2, 0.25) is 0 Å². The first-order chi connectivity index (χ1) is 8.74. The van der Waals surface area contributed by atoms with Crippen molar-refractivity contribution in [3.05, 3.63) is 48.3 Å². The highest BCUT2D eigenvalue weighted by Gasteiger charge is 2.10. The highest BCUT2D eigenvalue weighted by Crippen LogP contribution is 2.15. The second kappa shape index (κ2) is 4.03. The number of nitrogens with zero attached hydrogens (tertiary/aromatic N) is 2. The molecular weight excluding hydrogens is 228 g/mol. The lowest BCUT2D eigenvalue weighted by Gasteiger charge is -2.03. The first-order valence-electron chi connectivity index (χ1n) is 5.63. The Morgan fingerprint density at radius 1 is 1.33 bits per heavy atom. The molecule has 0 atom stereocenters. The summed E-state index contributed by atoms with van der Waals surface area (Å²) in [4.78, 5) is 15.1. The first-order valence-corrected chi connectivity index (χ1v) is 5.63. The minimum absolute atomic E-state index is 0.132. The molecule has 0 aliphatic heterocycles. The standard InChI is InChI=1S/C13H12N4O/c14-12-4-6-16-17(12)13(18)8-9-1-2-11-10(7-9)3-5-15-11/h1-7,15H,8,14H2. The first kappa shape index (κ1) is 10.6. The van der Waals surface area contributed by atoms with Crippen molar-refractivity contribution in [2.45, 2.75) is 6.42 Å². The molecule has 0 spiro atoms. The van der Waals surface area contributed by atoms with Crippen LogP contribution in [0.15, 0.2) is 42.7 Å². The molecule has 3 N–H and O–H groups in total. The molecule has 0 saturated heterocycles. The zero-order chi connectivity index (χ0) is 12.5. The van der Waals surface area contributed by atoms with E-state index in [1.807, 2.05) is 30.5 Å². The number of fused-ring (bicyclic) bond motifs is 1. The van der Waals surface area contributed by atoms with Crippen LogP contribution in [-0.4, -0.2) is 20.7 Å². The zero-order valence-corrected chi connectivity index (χ0v) is 9.63. The molecule has 90 valence electrons. The van der Waals surface area contributed by atoms with E-state index in [-0.39, 0.29) is 12.3 Å². The van der Waals surface area contributed by atoms with Crippen LogP contribution in [0, 0.1) is 0 Å². The lowest BCUT2D eigenvalue weighted by Crippen LogP contribution is -2.17. The maximum atomic E-state index is 12.0. The Morgan fingerprint density at radius 2 is 2.22 bits per heavy atom. The van der Waals surface area contributed by atoms with Gasteiger partial charge in [-0.2, -0.15) is 9.78 Å². The van der Waals surface area contributed by atoms with E-state index < -0.39 is 0 Å². The van der Waals surface area contributed by atoms with Gasteiger partial charge in [-0.25, -0.2) is 0 Å². The topological polar surface area (TPSA) is 76.7 Å². The van der Waals surface area contributed by atoms with Gasteiger partial charge in [0.25, 0.3) is 5.91 Å². The molecule has 0 aliphatic carbocycles. The number of nitrogens with two attached hydrogens (primary N) is 1. The number of nitrogen functional groups attached to an aromatic ring is 1. The number of benzene rings is 1. The van der Waals surface area contributed by atoms with Crippen molar-refractivity contribution < 1.29 is 4.79 Å². The molecule has 1 aromatic carbocycles. The molecular formula is C13H12N4O. The van der Waals surface area contributed by atoms with Gasteiger partial charge in [-0.1, -0.05) is 6.07 Å². The fourth-order valence-corrected chi connectivity index (χ4v) is 1.98. The molecule has 0 unspecified atom stereocenters. The van der Waals surface area contributed by atoms with Gasteiger partial charge in [0, 0.05) is 17.8 Å². The fraction of sp³-hybridized carbons (Fsp3) is 0.0769. The Bertz CT molecular complexity index is 710. The van der Waals surface area contributed by atoms with E-state index in [1.165, 1.54) is 10.9 Å². The van der Waals surface area contributed by atoms with Gasteiger partial charge in [-0.3, -0.25) is 4.79 Å². The molecule has 0 aliphatic rings. The van der Waals surface area contributed by atoms with Crippen molar-refractivity contribution in [1.29, 1.82) is 0 Å². The summed E-state index contributed by atoms with van der Waals surface area (Å²) in [5.74, 6) is 0.232. The van der Waals surface area contributed by atoms with Gasteiger partial charge in [-0.05, 0) is 29.1 Å². The molecule has 2 heterocycles. The number of rotatable bonds is 2. The molecule has 18 heavy (non-hydrogen) atoms. The minimum atomic E-state index is -0.132. The highest BCUT2D eigenvalue weighted by atomic mass is 16.2. The maximum Gasteiger partial charge on any atom is 0.253 e. The van der Waals surface area contributed by atoms with Crippen LogP contribution >= 0.6 is 0 Å². The van der Waals surface area contributed by atoms with Crippen LogP contribution in [0.1, 0.15) is 10.4 Å². The van der Waals surface area contributed by atoms with Crippen molar-refractivity contribution >= 4 is 22.6 Å². The van der Waals surface area contributed by atoms with Crippen LogP contribution in [0.4, 0.5) is 5.82 Å². The molecule has 0 amide bonds. The van der Waals surface area contributed by atoms with Crippen LogP contribution < -0.4 is 5.73 Å². The van der Waals surface area contributed by atoms with Crippen molar-refractivity contribution in [2.75, 3.05) is 5.73 Å². The largest absolute Gasteiger partial charge is 0.383 e. The molecule has 2 aromatic heterocycles. The summed E-state index contributed by atoms with van der Waals surface area (Å²) in [6.45, 7) is 0. The molecule has 0 radical (unpaired) electrons. The minimum Gasteiger partial charge on any atom is -0.383 e. The van der Waals surface area contributed by atoms with Gasteiger partial charge in [0.1, 0.15) is 5.82 Å². The second-order valence-electron chi connectivity index (χ2n) is 4.14. The summed E-state index contributed by atoms with van der Waals surface area (Å²) in [5.41, 5.74) is 7.65. The number of anilines is 1. The number of hydrogen-bond donors (Lipinski definition) is 2. The summed E-state index contributed by atoms with van der Waals surface area (Å²) < 4.78 is 1.22. The number of aromatic nitrogens is 3. The quantitative estimate of drug-likeness (QED) is 0.717. The summed E-state index contributed by atoms with van der Waals surface area (Å²) in [6, 6.07) is 9.46. The van der Waals surface area contributed by atoms with Crippen LogP contribution in [0.3, 0.4) is 0 Å². The second-order valence-corrected chi connectivity index (χ2v) is 4.14. The number of aromatic amines is 1. The normalized spacial score (nSPS) is 10.9. The van der Waals surface area contributed by atoms with Crippen molar-refractivity contribution in [2.24, 2.45) is 0 Å². The number of H-pyrrole nitrogens is 1. The van der Waals surface area contributed by atoms with Crippen molar-refractivity contribution in [3.63, 3.8) is 0 Å². The molecule has 3 aromatic rings. The van der Waals surface area contributed by atoms with Crippen LogP contribution in [0.5, 0.6) is 0 Å². The van der Waals surface area contributed by atoms with E-state index in [1.54, 1.807) is 6.07 Å². The molecule has 3 rings (SSSR count). The smallest absolute Gasteiger partial charge is 0.253 e. The third kappa shape index (κ3) is 1.75. The molecule has 5 nitrogen and oxygen atoms in total. The van der Waals surface area contributed by atoms with E-state index in [0.29, 0.717) is 5.82 Å². The highest BCUT2D eigenvalue weighted by molar-refractivity contribution is 5.85. The van der Waals surface area contributed by atoms with Crippen molar-refractivity contribution in [1.82, 2.24) is 14.8 Å². The van der Waals surface area contributed by atoms with Gasteiger partial charge < -0.3 is 10.7 Å². The summed E-state index contributed by atoms with van der Waals surface area (Å²) >= 11 is 0. The Morgan fingerprint density at radius 3 is 3.00 bits per heavy atom.